The number of nitrogens with one attached hydrogen (secondary N) is 4. The van der Waals surface area contributed by atoms with Crippen LogP contribution in [0, 0.1) is 0 Å². The van der Waals surface area contributed by atoms with Crippen LogP contribution in [0.4, 0.5) is 9.59 Å². The van der Waals surface area contributed by atoms with E-state index in [1.54, 1.807) is 0 Å². The van der Waals surface area contributed by atoms with Gasteiger partial charge in [0.1, 0.15) is 25.3 Å². The Labute approximate surface area is 358 Å². The summed E-state index contributed by atoms with van der Waals surface area (Å²) < 4.78 is 10.9. The van der Waals surface area contributed by atoms with Gasteiger partial charge in [0.2, 0.25) is 11.8 Å². The normalized spacial score (nSPS) is 12.0. The lowest BCUT2D eigenvalue weighted by Gasteiger charge is -2.20. The highest BCUT2D eigenvalue weighted by molar-refractivity contribution is 8.76. The third-order valence-corrected chi connectivity index (χ3v) is 12.3. The summed E-state index contributed by atoms with van der Waals surface area (Å²) in [5.41, 5.74) is 1.69. The van der Waals surface area contributed by atoms with Gasteiger partial charge < -0.3 is 30.7 Å². The van der Waals surface area contributed by atoms with Gasteiger partial charge in [0.15, 0.2) is 0 Å². The fourth-order valence-electron chi connectivity index (χ4n) is 6.31. The number of alkyl carbamates (subject to hydrolysis) is 2. The molecule has 0 saturated heterocycles. The minimum Gasteiger partial charge on any atom is -0.445 e. The molecule has 0 aliphatic rings. The molecule has 12 heteroatoms. The minimum absolute atomic E-state index is 0.0868. The molecule has 0 fully saturated rings. The molecule has 0 radical (unpaired) electrons. The summed E-state index contributed by atoms with van der Waals surface area (Å²) in [5.74, 6) is -0.0936. The van der Waals surface area contributed by atoms with Gasteiger partial charge in [0.25, 0.3) is 0 Å². The lowest BCUT2D eigenvalue weighted by Crippen LogP contribution is -2.49. The highest BCUT2D eigenvalue weighted by Crippen LogP contribution is 2.24. The van der Waals surface area contributed by atoms with Gasteiger partial charge in [0, 0.05) is 24.6 Å². The quantitative estimate of drug-likeness (QED) is 0.0398. The number of carbonyl (C=O) groups is 4. The molecule has 0 aliphatic carbocycles. The van der Waals surface area contributed by atoms with Gasteiger partial charge in [-0.1, -0.05) is 212 Å². The van der Waals surface area contributed by atoms with Gasteiger partial charge in [0.05, 0.1) is 0 Å². The van der Waals surface area contributed by atoms with Crippen molar-refractivity contribution in [3.8, 4) is 0 Å². The Kier molecular flexibility index (Phi) is 31.1. The molecule has 0 aromatic heterocycles. The van der Waals surface area contributed by atoms with Crippen LogP contribution in [0.25, 0.3) is 0 Å². The van der Waals surface area contributed by atoms with E-state index in [1.807, 2.05) is 60.7 Å². The zero-order chi connectivity index (χ0) is 41.7. The Morgan fingerprint density at radius 3 is 1.10 bits per heavy atom. The van der Waals surface area contributed by atoms with E-state index in [0.29, 0.717) is 13.1 Å². The van der Waals surface area contributed by atoms with Crippen molar-refractivity contribution in [2.24, 2.45) is 0 Å². The number of carbonyl (C=O) groups excluding carboxylic acids is 4. The number of unbranched alkanes of at least 4 members (excludes halogenated alkanes) is 18. The van der Waals surface area contributed by atoms with Crippen LogP contribution in [0.5, 0.6) is 0 Å². The van der Waals surface area contributed by atoms with Crippen LogP contribution >= 0.6 is 21.6 Å². The van der Waals surface area contributed by atoms with Gasteiger partial charge in [-0.2, -0.15) is 0 Å². The van der Waals surface area contributed by atoms with Crippen molar-refractivity contribution in [1.29, 1.82) is 0 Å². The molecule has 2 rings (SSSR count). The fourth-order valence-corrected chi connectivity index (χ4v) is 8.63. The Morgan fingerprint density at radius 2 is 0.776 bits per heavy atom. The summed E-state index contributed by atoms with van der Waals surface area (Å²) in [4.78, 5) is 52.3. The largest absolute Gasteiger partial charge is 0.445 e. The summed E-state index contributed by atoms with van der Waals surface area (Å²) >= 11 is 0. The molecule has 4 N–H and O–H groups in total. The molecular weight excluding hydrogens is 769 g/mol. The summed E-state index contributed by atoms with van der Waals surface area (Å²) in [5, 5.41) is 11.5. The predicted molar refractivity (Wildman–Crippen MR) is 242 cm³/mol. The second kappa shape index (κ2) is 35.6. The monoisotopic (exact) mass is 843 g/mol. The zero-order valence-corrected chi connectivity index (χ0v) is 37.2. The molecule has 0 saturated carbocycles. The smallest absolute Gasteiger partial charge is 0.408 e. The predicted octanol–water partition coefficient (Wildman–Crippen LogP) is 11.0. The van der Waals surface area contributed by atoms with Gasteiger partial charge in [-0.3, -0.25) is 9.59 Å². The van der Waals surface area contributed by atoms with E-state index >= 15 is 0 Å². The van der Waals surface area contributed by atoms with E-state index < -0.39 is 24.3 Å². The summed E-state index contributed by atoms with van der Waals surface area (Å²) in [6.45, 7) is 5.70. The summed E-state index contributed by atoms with van der Waals surface area (Å²) in [7, 11) is 2.70. The minimum atomic E-state index is -0.851. The Bertz CT molecular complexity index is 1240. The first kappa shape index (κ1) is 50.8. The van der Waals surface area contributed by atoms with Crippen molar-refractivity contribution < 1.29 is 28.7 Å². The summed E-state index contributed by atoms with van der Waals surface area (Å²) in [6, 6.07) is 17.0. The van der Waals surface area contributed by atoms with E-state index in [1.165, 1.54) is 111 Å². The standard InChI is InChI=1S/C46H74N4O6S2/c1-3-5-7-9-11-13-15-17-19-27-33-47-43(51)41(49-45(53)55-35-39-29-23-21-24-30-39)37-57-58-38-42(50-46(54)56-36-40-31-25-22-26-32-40)44(52)48-34-28-20-18-16-14-12-10-8-6-4-2/h21-26,29-32,41-42H,3-20,27-28,33-38H2,1-2H3,(H,47,51)(H,48,52)(H,49,53)(H,50,54)/t41-,42-/m0/s1. The highest BCUT2D eigenvalue weighted by Gasteiger charge is 2.25. The number of hydrogen-bond acceptors (Lipinski definition) is 8. The molecule has 2 atom stereocenters. The summed E-state index contributed by atoms with van der Waals surface area (Å²) in [6.07, 6.45) is 22.7. The van der Waals surface area contributed by atoms with Gasteiger partial charge in [-0.25, -0.2) is 9.59 Å². The average molecular weight is 843 g/mol. The number of amides is 4. The number of benzene rings is 2. The number of hydrogen-bond donors (Lipinski definition) is 4. The second-order valence-electron chi connectivity index (χ2n) is 15.0. The number of rotatable bonds is 35. The first-order valence-corrected chi connectivity index (χ1v) is 24.7. The Hall–Kier alpha value is -3.38. The molecular formula is C46H74N4O6S2. The van der Waals surface area contributed by atoms with Crippen LogP contribution in [0.1, 0.15) is 153 Å². The molecule has 2 aromatic rings. The maximum Gasteiger partial charge on any atom is 0.408 e. The van der Waals surface area contributed by atoms with E-state index in [4.69, 9.17) is 9.47 Å². The van der Waals surface area contributed by atoms with E-state index in [0.717, 1.165) is 49.7 Å². The molecule has 0 aliphatic heterocycles. The van der Waals surface area contributed by atoms with Gasteiger partial charge in [-0.15, -0.1) is 0 Å². The van der Waals surface area contributed by atoms with Crippen LogP contribution in [0.2, 0.25) is 0 Å². The topological polar surface area (TPSA) is 135 Å². The third kappa shape index (κ3) is 27.3. The average Bonchev–Trinajstić information content (AvgIpc) is 3.24. The first-order valence-electron chi connectivity index (χ1n) is 22.2. The van der Waals surface area contributed by atoms with Crippen LogP contribution in [0.15, 0.2) is 60.7 Å². The maximum absolute atomic E-state index is 13.3. The highest BCUT2D eigenvalue weighted by atomic mass is 33.1. The Morgan fingerprint density at radius 1 is 0.466 bits per heavy atom. The lowest BCUT2D eigenvalue weighted by molar-refractivity contribution is -0.123. The van der Waals surface area contributed by atoms with Crippen molar-refractivity contribution >= 4 is 45.6 Å². The van der Waals surface area contributed by atoms with Crippen molar-refractivity contribution in [2.75, 3.05) is 24.6 Å². The van der Waals surface area contributed by atoms with Crippen molar-refractivity contribution in [1.82, 2.24) is 21.3 Å². The lowest BCUT2D eigenvalue weighted by atomic mass is 10.1. The fraction of sp³-hybridized carbons (Fsp3) is 0.652. The van der Waals surface area contributed by atoms with Crippen molar-refractivity contribution in [2.45, 2.75) is 168 Å². The molecule has 0 spiro atoms. The van der Waals surface area contributed by atoms with E-state index in [-0.39, 0.29) is 36.5 Å². The van der Waals surface area contributed by atoms with Gasteiger partial charge in [-0.05, 0) is 24.0 Å². The maximum atomic E-state index is 13.3. The van der Waals surface area contributed by atoms with Crippen LogP contribution in [0.3, 0.4) is 0 Å². The Balaban J connectivity index is 1.87. The molecule has 0 heterocycles. The van der Waals surface area contributed by atoms with Gasteiger partial charge >= 0.3 is 12.2 Å². The first-order chi connectivity index (χ1) is 28.4. The molecule has 2 aromatic carbocycles. The van der Waals surface area contributed by atoms with E-state index in [9.17, 15) is 19.2 Å². The van der Waals surface area contributed by atoms with Crippen LogP contribution in [-0.2, 0) is 32.3 Å². The molecule has 326 valence electrons. The molecule has 10 nitrogen and oxygen atoms in total. The molecule has 0 bridgehead atoms. The third-order valence-electron chi connectivity index (χ3n) is 9.85. The SMILES string of the molecule is CCCCCCCCCCCCNC(=O)[C@H](CSSC[C@H](NC(=O)OCc1ccccc1)C(=O)NCCCCCCCCCCCC)NC(=O)OCc1ccccc1. The van der Waals surface area contributed by atoms with Crippen LogP contribution in [-0.4, -0.2) is 60.7 Å². The molecule has 4 amide bonds. The van der Waals surface area contributed by atoms with Crippen LogP contribution < -0.4 is 21.3 Å². The van der Waals surface area contributed by atoms with Crippen molar-refractivity contribution in [3.05, 3.63) is 71.8 Å². The molecule has 0 unspecified atom stereocenters. The zero-order valence-electron chi connectivity index (χ0n) is 35.6. The number of ether oxygens (including phenoxy) is 2. The van der Waals surface area contributed by atoms with E-state index in [2.05, 4.69) is 35.1 Å². The molecule has 58 heavy (non-hydrogen) atoms. The van der Waals surface area contributed by atoms with Crippen molar-refractivity contribution in [3.63, 3.8) is 0 Å². The second-order valence-corrected chi connectivity index (χ2v) is 17.6.